The minimum atomic E-state index is 0.0974. The van der Waals surface area contributed by atoms with E-state index >= 15 is 0 Å². The van der Waals surface area contributed by atoms with Crippen molar-refractivity contribution in [1.29, 1.82) is 0 Å². The van der Waals surface area contributed by atoms with Gasteiger partial charge < -0.3 is 14.6 Å². The van der Waals surface area contributed by atoms with Crippen LogP contribution in [0.15, 0.2) is 40.9 Å². The van der Waals surface area contributed by atoms with Crippen molar-refractivity contribution in [1.82, 2.24) is 24.9 Å². The molecule has 1 aliphatic carbocycles. The van der Waals surface area contributed by atoms with E-state index in [0.29, 0.717) is 29.0 Å². The van der Waals surface area contributed by atoms with Crippen molar-refractivity contribution in [2.24, 2.45) is 18.9 Å². The Morgan fingerprint density at radius 1 is 1.13 bits per heavy atom. The summed E-state index contributed by atoms with van der Waals surface area (Å²) in [5.41, 5.74) is 5.06. The third-order valence-corrected chi connectivity index (χ3v) is 6.83. The maximum atomic E-state index is 12.9. The Balaban J connectivity index is 1.08. The molecule has 2 aliphatic rings. The Morgan fingerprint density at radius 2 is 1.94 bits per heavy atom. The fraction of sp³-hybridized carbons (Fsp3) is 0.391. The molecule has 1 saturated heterocycles. The molecule has 4 aromatic heterocycles. The summed E-state index contributed by atoms with van der Waals surface area (Å²) >= 11 is 0. The minimum Gasteiger partial charge on any atom is -0.457 e. The molecule has 5 heterocycles. The molecule has 0 aromatic carbocycles. The second-order valence-electron chi connectivity index (χ2n) is 8.91. The van der Waals surface area contributed by atoms with E-state index in [1.807, 2.05) is 60.1 Å². The highest BCUT2D eigenvalue weighted by Crippen LogP contribution is 2.40. The van der Waals surface area contributed by atoms with Gasteiger partial charge in [0.25, 0.3) is 5.91 Å². The molecular formula is C23H24N6O2. The van der Waals surface area contributed by atoms with Gasteiger partial charge in [0.05, 0.1) is 17.5 Å². The number of likely N-dealkylation sites (tertiary alicyclic amines) is 1. The number of hydrogen-bond acceptors (Lipinski definition) is 6. The van der Waals surface area contributed by atoms with Gasteiger partial charge in [0, 0.05) is 26.2 Å². The monoisotopic (exact) mass is 416 g/mol. The van der Waals surface area contributed by atoms with E-state index < -0.39 is 0 Å². The lowest BCUT2D eigenvalue weighted by molar-refractivity contribution is 0.0781. The predicted octanol–water partition coefficient (Wildman–Crippen LogP) is 3.33. The standard InChI is InChI=1S/C23H24N6O2/c1-13-10-24-28(2)22(13)19-4-6-21(27-26-19)25-16-7-14-11-29(12-15(14)8-16)23(30)18-9-17-3-5-20(18)31-17/h3-6,9-10,14-16H,7-8,11-12H2,1-2H3,(H,25,27)/t14-,15?,16?/m1/s1. The molecule has 8 heteroatoms. The van der Waals surface area contributed by atoms with Gasteiger partial charge in [-0.2, -0.15) is 5.10 Å². The number of nitrogens with zero attached hydrogens (tertiary/aromatic N) is 5. The number of benzene rings is 1. The number of carbonyl (C=O) groups excluding carboxylic acids is 1. The topological polar surface area (TPSA) is 89.1 Å². The zero-order valence-corrected chi connectivity index (χ0v) is 17.6. The molecule has 8 nitrogen and oxygen atoms in total. The summed E-state index contributed by atoms with van der Waals surface area (Å²) in [7, 11) is 1.91. The molecule has 2 unspecified atom stereocenters. The molecule has 2 bridgehead atoms. The summed E-state index contributed by atoms with van der Waals surface area (Å²) in [5.74, 6) is 1.95. The van der Waals surface area contributed by atoms with Crippen molar-refractivity contribution in [3.05, 3.63) is 47.7 Å². The number of rotatable bonds is 4. The second-order valence-corrected chi connectivity index (χ2v) is 8.91. The first-order chi connectivity index (χ1) is 15.0. The van der Waals surface area contributed by atoms with Crippen LogP contribution < -0.4 is 5.32 Å². The molecule has 3 atom stereocenters. The van der Waals surface area contributed by atoms with E-state index in [1.165, 1.54) is 0 Å². The molecule has 1 saturated carbocycles. The van der Waals surface area contributed by atoms with Crippen LogP contribution in [-0.2, 0) is 7.05 Å². The fourth-order valence-corrected chi connectivity index (χ4v) is 5.37. The molecule has 158 valence electrons. The van der Waals surface area contributed by atoms with Crippen LogP contribution in [0, 0.1) is 18.8 Å². The Morgan fingerprint density at radius 3 is 2.52 bits per heavy atom. The van der Waals surface area contributed by atoms with Crippen LogP contribution in [-0.4, -0.2) is 49.9 Å². The third-order valence-electron chi connectivity index (χ3n) is 6.83. The van der Waals surface area contributed by atoms with E-state index in [1.54, 1.807) is 0 Å². The summed E-state index contributed by atoms with van der Waals surface area (Å²) < 4.78 is 7.37. The third kappa shape index (κ3) is 3.05. The van der Waals surface area contributed by atoms with Gasteiger partial charge in [-0.3, -0.25) is 9.48 Å². The summed E-state index contributed by atoms with van der Waals surface area (Å²) in [4.78, 5) is 14.9. The van der Waals surface area contributed by atoms with Crippen molar-refractivity contribution in [2.75, 3.05) is 18.4 Å². The molecule has 0 spiro atoms. The lowest BCUT2D eigenvalue weighted by Crippen LogP contribution is -2.31. The molecule has 4 aromatic rings. The highest BCUT2D eigenvalue weighted by atomic mass is 16.3. The van der Waals surface area contributed by atoms with Crippen LogP contribution in [0.25, 0.3) is 22.6 Å². The van der Waals surface area contributed by atoms with Crippen LogP contribution in [0.4, 0.5) is 5.82 Å². The van der Waals surface area contributed by atoms with Crippen molar-refractivity contribution in [2.45, 2.75) is 25.8 Å². The number of nitrogens with one attached hydrogen (secondary N) is 1. The van der Waals surface area contributed by atoms with E-state index in [0.717, 1.165) is 54.3 Å². The van der Waals surface area contributed by atoms with Crippen LogP contribution in [0.3, 0.4) is 0 Å². The average Bonchev–Trinajstić information content (AvgIpc) is 3.56. The Hall–Kier alpha value is -3.42. The van der Waals surface area contributed by atoms with Crippen LogP contribution in [0.1, 0.15) is 28.8 Å². The molecule has 2 fully saturated rings. The highest BCUT2D eigenvalue weighted by molar-refractivity contribution is 6.02. The highest BCUT2D eigenvalue weighted by Gasteiger charge is 2.43. The largest absolute Gasteiger partial charge is 0.457 e. The van der Waals surface area contributed by atoms with Crippen LogP contribution >= 0.6 is 0 Å². The van der Waals surface area contributed by atoms with E-state index in [-0.39, 0.29) is 5.91 Å². The van der Waals surface area contributed by atoms with E-state index in [2.05, 4.69) is 20.6 Å². The zero-order valence-electron chi connectivity index (χ0n) is 17.6. The number of amides is 1. The maximum absolute atomic E-state index is 12.9. The van der Waals surface area contributed by atoms with Crippen molar-refractivity contribution in [3.8, 4) is 11.4 Å². The smallest absolute Gasteiger partial charge is 0.257 e. The molecule has 6 rings (SSSR count). The molecule has 0 radical (unpaired) electrons. The van der Waals surface area contributed by atoms with Crippen LogP contribution in [0.2, 0.25) is 0 Å². The minimum absolute atomic E-state index is 0.0974. The van der Waals surface area contributed by atoms with Gasteiger partial charge in [0.1, 0.15) is 22.7 Å². The number of anilines is 1. The first-order valence-electron chi connectivity index (χ1n) is 10.8. The van der Waals surface area contributed by atoms with Gasteiger partial charge in [0.2, 0.25) is 0 Å². The number of aromatic nitrogens is 4. The molecule has 1 amide bonds. The Kier molecular flexibility index (Phi) is 4.03. The predicted molar refractivity (Wildman–Crippen MR) is 116 cm³/mol. The maximum Gasteiger partial charge on any atom is 0.257 e. The number of fused-ring (bicyclic) bond motifs is 3. The lowest BCUT2D eigenvalue weighted by Gasteiger charge is -2.20. The molecular weight excluding hydrogens is 392 g/mol. The SMILES string of the molecule is Cc1cnn(C)c1-c1ccc(NC2CC3CN(C(=O)c4cc5ccc4o5)C[C@H]3C2)nn1. The number of carbonyl (C=O) groups is 1. The summed E-state index contributed by atoms with van der Waals surface area (Å²) in [6, 6.07) is 9.97. The Labute approximate surface area is 179 Å². The first kappa shape index (κ1) is 18.4. The summed E-state index contributed by atoms with van der Waals surface area (Å²) in [6.07, 6.45) is 3.92. The van der Waals surface area contributed by atoms with Gasteiger partial charge in [-0.05, 0) is 67.5 Å². The fourth-order valence-electron chi connectivity index (χ4n) is 5.37. The quantitative estimate of drug-likeness (QED) is 0.549. The molecule has 1 aliphatic heterocycles. The van der Waals surface area contributed by atoms with E-state index in [9.17, 15) is 4.79 Å². The normalized spacial score (nSPS) is 23.0. The molecule has 1 N–H and O–H groups in total. The first-order valence-corrected chi connectivity index (χ1v) is 10.8. The zero-order chi connectivity index (χ0) is 21.1. The van der Waals surface area contributed by atoms with Crippen molar-refractivity contribution in [3.63, 3.8) is 0 Å². The number of hydrogen-bond donors (Lipinski definition) is 1. The van der Waals surface area contributed by atoms with Gasteiger partial charge >= 0.3 is 0 Å². The summed E-state index contributed by atoms with van der Waals surface area (Å²) in [5, 5.41) is 16.6. The Bertz CT molecular complexity index is 1210. The van der Waals surface area contributed by atoms with Crippen molar-refractivity contribution < 1.29 is 9.21 Å². The van der Waals surface area contributed by atoms with Gasteiger partial charge in [-0.25, -0.2) is 0 Å². The van der Waals surface area contributed by atoms with E-state index in [4.69, 9.17) is 4.42 Å². The second kappa shape index (κ2) is 6.80. The van der Waals surface area contributed by atoms with Gasteiger partial charge in [-0.15, -0.1) is 10.2 Å². The number of furan rings is 2. The van der Waals surface area contributed by atoms with Gasteiger partial charge in [0.15, 0.2) is 0 Å². The summed E-state index contributed by atoms with van der Waals surface area (Å²) in [6.45, 7) is 3.65. The average molecular weight is 416 g/mol. The molecule has 31 heavy (non-hydrogen) atoms. The number of aryl methyl sites for hydroxylation is 2. The lowest BCUT2D eigenvalue weighted by atomic mass is 10.0. The van der Waals surface area contributed by atoms with Gasteiger partial charge in [-0.1, -0.05) is 0 Å². The van der Waals surface area contributed by atoms with Crippen molar-refractivity contribution >= 4 is 22.9 Å². The van der Waals surface area contributed by atoms with Crippen LogP contribution in [0.5, 0.6) is 0 Å².